The largest absolute Gasteiger partial charge is 0.534 e. The van der Waals surface area contributed by atoms with Crippen LogP contribution in [0.2, 0.25) is 0 Å². The fourth-order valence-corrected chi connectivity index (χ4v) is 1.87. The van der Waals surface area contributed by atoms with Gasteiger partial charge in [-0.3, -0.25) is 14.9 Å². The molecule has 1 rings (SSSR count). The molecule has 0 saturated heterocycles. The molecule has 0 spiro atoms. The lowest BCUT2D eigenvalue weighted by Gasteiger charge is -2.13. The Kier molecular flexibility index (Phi) is 5.53. The standard InChI is InChI=1S/C11H11F3N2O6S/c1-2-3-10(17)15-8-5-4-7(16(18)19)6-9(8)22-23(20,21)11(12,13)14/h4-6H,2-3H2,1H3,(H,15,17). The van der Waals surface area contributed by atoms with E-state index in [4.69, 9.17) is 0 Å². The highest BCUT2D eigenvalue weighted by Crippen LogP contribution is 2.34. The van der Waals surface area contributed by atoms with Gasteiger partial charge in [0.2, 0.25) is 5.91 Å². The summed E-state index contributed by atoms with van der Waals surface area (Å²) in [5.74, 6) is -1.61. The van der Waals surface area contributed by atoms with Crippen LogP contribution in [0.3, 0.4) is 0 Å². The monoisotopic (exact) mass is 356 g/mol. The zero-order valence-corrected chi connectivity index (χ0v) is 12.4. The topological polar surface area (TPSA) is 116 Å². The SMILES string of the molecule is CCCC(=O)Nc1ccc([N+](=O)[O-])cc1OS(=O)(=O)C(F)(F)F. The summed E-state index contributed by atoms with van der Waals surface area (Å²) in [4.78, 5) is 21.2. The number of rotatable bonds is 6. The summed E-state index contributed by atoms with van der Waals surface area (Å²) in [7, 11) is -6.04. The predicted octanol–water partition coefficient (Wildman–Crippen LogP) is 2.56. The third kappa shape index (κ3) is 4.81. The molecular formula is C11H11F3N2O6S. The van der Waals surface area contributed by atoms with E-state index < -0.39 is 43.6 Å². The molecule has 0 aliphatic heterocycles. The van der Waals surface area contributed by atoms with Crippen molar-refractivity contribution in [2.24, 2.45) is 0 Å². The van der Waals surface area contributed by atoms with E-state index in [1.165, 1.54) is 0 Å². The molecule has 128 valence electrons. The molecule has 0 aliphatic rings. The van der Waals surface area contributed by atoms with Crippen molar-refractivity contribution in [1.82, 2.24) is 0 Å². The van der Waals surface area contributed by atoms with Gasteiger partial charge in [-0.15, -0.1) is 0 Å². The molecule has 0 saturated carbocycles. The molecule has 0 radical (unpaired) electrons. The van der Waals surface area contributed by atoms with Gasteiger partial charge in [-0.1, -0.05) is 6.92 Å². The summed E-state index contributed by atoms with van der Waals surface area (Å²) in [6.07, 6.45) is 0.443. The Balaban J connectivity index is 3.27. The van der Waals surface area contributed by atoms with E-state index in [-0.39, 0.29) is 6.42 Å². The lowest BCUT2D eigenvalue weighted by molar-refractivity contribution is -0.384. The number of benzene rings is 1. The lowest BCUT2D eigenvalue weighted by atomic mass is 10.2. The van der Waals surface area contributed by atoms with Crippen molar-refractivity contribution in [1.29, 1.82) is 0 Å². The van der Waals surface area contributed by atoms with Gasteiger partial charge in [0.1, 0.15) is 0 Å². The highest BCUT2D eigenvalue weighted by atomic mass is 32.2. The van der Waals surface area contributed by atoms with Crippen LogP contribution >= 0.6 is 0 Å². The van der Waals surface area contributed by atoms with Crippen LogP contribution in [0, 0.1) is 10.1 Å². The van der Waals surface area contributed by atoms with Crippen LogP contribution in [0.25, 0.3) is 0 Å². The number of non-ortho nitro benzene ring substituents is 1. The maximum absolute atomic E-state index is 12.4. The Bertz CT molecular complexity index is 717. The first-order valence-corrected chi connectivity index (χ1v) is 7.48. The van der Waals surface area contributed by atoms with Crippen molar-refractivity contribution in [3.05, 3.63) is 28.3 Å². The van der Waals surface area contributed by atoms with Gasteiger partial charge in [0.25, 0.3) is 5.69 Å². The number of carbonyl (C=O) groups is 1. The van der Waals surface area contributed by atoms with Crippen LogP contribution in [-0.4, -0.2) is 24.8 Å². The Hall–Kier alpha value is -2.37. The number of anilines is 1. The van der Waals surface area contributed by atoms with Crippen molar-refractivity contribution in [2.75, 3.05) is 5.32 Å². The number of nitrogens with one attached hydrogen (secondary N) is 1. The molecule has 0 aliphatic carbocycles. The maximum atomic E-state index is 12.4. The number of hydrogen-bond acceptors (Lipinski definition) is 6. The van der Waals surface area contributed by atoms with Crippen LogP contribution in [0.1, 0.15) is 19.8 Å². The van der Waals surface area contributed by atoms with E-state index in [1.807, 2.05) is 0 Å². The Morgan fingerprint density at radius 3 is 2.48 bits per heavy atom. The number of nitro benzene ring substituents is 1. The summed E-state index contributed by atoms with van der Waals surface area (Å²) >= 11 is 0. The maximum Gasteiger partial charge on any atom is 0.534 e. The van der Waals surface area contributed by atoms with Crippen LogP contribution in [-0.2, 0) is 14.9 Å². The minimum Gasteiger partial charge on any atom is -0.374 e. The van der Waals surface area contributed by atoms with Crippen LogP contribution in [0.15, 0.2) is 18.2 Å². The number of nitro groups is 1. The van der Waals surface area contributed by atoms with Gasteiger partial charge < -0.3 is 9.50 Å². The summed E-state index contributed by atoms with van der Waals surface area (Å²) in [6, 6.07) is 2.24. The number of amides is 1. The molecule has 0 heterocycles. The zero-order chi connectivity index (χ0) is 17.8. The van der Waals surface area contributed by atoms with E-state index in [0.717, 1.165) is 12.1 Å². The fraction of sp³-hybridized carbons (Fsp3) is 0.364. The minimum atomic E-state index is -6.04. The minimum absolute atomic E-state index is 0.0163. The van der Waals surface area contributed by atoms with Gasteiger partial charge in [-0.25, -0.2) is 0 Å². The lowest BCUT2D eigenvalue weighted by Crippen LogP contribution is -2.28. The molecule has 1 aromatic carbocycles. The van der Waals surface area contributed by atoms with Crippen molar-refractivity contribution in [2.45, 2.75) is 25.3 Å². The Morgan fingerprint density at radius 2 is 2.00 bits per heavy atom. The molecule has 0 unspecified atom stereocenters. The van der Waals surface area contributed by atoms with Gasteiger partial charge in [-0.2, -0.15) is 21.6 Å². The summed E-state index contributed by atoms with van der Waals surface area (Å²) < 4.78 is 63.0. The van der Waals surface area contributed by atoms with Gasteiger partial charge in [0.05, 0.1) is 16.7 Å². The molecule has 0 bridgehead atoms. The molecule has 8 nitrogen and oxygen atoms in total. The highest BCUT2D eigenvalue weighted by Gasteiger charge is 2.49. The van der Waals surface area contributed by atoms with E-state index in [9.17, 15) is 36.5 Å². The molecule has 1 N–H and O–H groups in total. The summed E-state index contributed by atoms with van der Waals surface area (Å²) in [5.41, 5.74) is -6.85. The van der Waals surface area contributed by atoms with E-state index in [1.54, 1.807) is 6.92 Å². The van der Waals surface area contributed by atoms with Crippen LogP contribution in [0.4, 0.5) is 24.5 Å². The van der Waals surface area contributed by atoms with Crippen LogP contribution < -0.4 is 9.50 Å². The smallest absolute Gasteiger partial charge is 0.374 e. The van der Waals surface area contributed by atoms with Gasteiger partial charge in [0.15, 0.2) is 5.75 Å². The first-order chi connectivity index (χ1) is 10.5. The Morgan fingerprint density at radius 1 is 1.39 bits per heavy atom. The summed E-state index contributed by atoms with van der Waals surface area (Å²) in [5, 5.41) is 12.8. The number of carbonyl (C=O) groups excluding carboxylic acids is 1. The first kappa shape index (κ1) is 18.7. The van der Waals surface area contributed by atoms with Crippen molar-refractivity contribution < 1.29 is 35.5 Å². The quantitative estimate of drug-likeness (QED) is 0.362. The van der Waals surface area contributed by atoms with E-state index in [0.29, 0.717) is 12.5 Å². The summed E-state index contributed by atoms with van der Waals surface area (Å²) in [6.45, 7) is 1.67. The van der Waals surface area contributed by atoms with E-state index >= 15 is 0 Å². The van der Waals surface area contributed by atoms with Gasteiger partial charge in [0, 0.05) is 12.5 Å². The third-order valence-corrected chi connectivity index (χ3v) is 3.38. The molecule has 12 heteroatoms. The Labute approximate surface area is 128 Å². The molecule has 1 aromatic rings. The molecule has 0 aromatic heterocycles. The number of nitrogens with zero attached hydrogens (tertiary/aromatic N) is 1. The fourth-order valence-electron chi connectivity index (χ4n) is 1.40. The average molecular weight is 356 g/mol. The van der Waals surface area contributed by atoms with Crippen LogP contribution in [0.5, 0.6) is 5.75 Å². The molecule has 23 heavy (non-hydrogen) atoms. The number of alkyl halides is 3. The normalized spacial score (nSPS) is 11.8. The van der Waals surface area contributed by atoms with Gasteiger partial charge in [-0.05, 0) is 12.5 Å². The second-order valence-electron chi connectivity index (χ2n) is 4.22. The highest BCUT2D eigenvalue weighted by molar-refractivity contribution is 7.88. The van der Waals surface area contributed by atoms with Crippen molar-refractivity contribution in [3.8, 4) is 5.75 Å². The number of halogens is 3. The molecular weight excluding hydrogens is 345 g/mol. The molecule has 0 fully saturated rings. The molecule has 0 atom stereocenters. The second-order valence-corrected chi connectivity index (χ2v) is 5.76. The van der Waals surface area contributed by atoms with Crippen molar-refractivity contribution in [3.63, 3.8) is 0 Å². The van der Waals surface area contributed by atoms with Crippen molar-refractivity contribution >= 4 is 27.4 Å². The zero-order valence-electron chi connectivity index (χ0n) is 11.6. The van der Waals surface area contributed by atoms with E-state index in [2.05, 4.69) is 9.50 Å². The number of hydrogen-bond donors (Lipinski definition) is 1. The average Bonchev–Trinajstić information content (AvgIpc) is 2.39. The first-order valence-electron chi connectivity index (χ1n) is 6.07. The van der Waals surface area contributed by atoms with Gasteiger partial charge >= 0.3 is 15.6 Å². The molecule has 1 amide bonds. The predicted molar refractivity (Wildman–Crippen MR) is 72.2 cm³/mol. The third-order valence-electron chi connectivity index (χ3n) is 2.41. The second kappa shape index (κ2) is 6.81.